The quantitative estimate of drug-likeness (QED) is 0.676. The van der Waals surface area contributed by atoms with E-state index in [1.807, 2.05) is 31.2 Å². The zero-order valence-corrected chi connectivity index (χ0v) is 8.29. The molecule has 0 unspecified atom stereocenters. The number of hydrogen-bond acceptors (Lipinski definition) is 2. The molecule has 1 aromatic carbocycles. The molecule has 1 fully saturated rings. The molecule has 0 saturated carbocycles. The van der Waals surface area contributed by atoms with E-state index in [0.29, 0.717) is 6.61 Å². The summed E-state index contributed by atoms with van der Waals surface area (Å²) in [6, 6.07) is 10.3. The van der Waals surface area contributed by atoms with E-state index >= 15 is 0 Å². The topological polar surface area (TPSA) is 33.0 Å². The summed E-state index contributed by atoms with van der Waals surface area (Å²) in [7, 11) is 0. The highest BCUT2D eigenvalue weighted by Gasteiger charge is 2.37. The van der Waals surface area contributed by atoms with Crippen LogP contribution < -0.4 is 0 Å². The highest BCUT2D eigenvalue weighted by atomic mass is 16.5. The lowest BCUT2D eigenvalue weighted by Crippen LogP contribution is -2.22. The molecule has 0 spiro atoms. The Hall–Kier alpha value is -1.33. The van der Waals surface area contributed by atoms with Crippen LogP contribution in [0.25, 0.3) is 0 Å². The van der Waals surface area contributed by atoms with E-state index in [1.165, 1.54) is 5.56 Å². The third-order valence-electron chi connectivity index (χ3n) is 2.69. The van der Waals surface area contributed by atoms with Crippen molar-refractivity contribution >= 4 is 0 Å². The van der Waals surface area contributed by atoms with Gasteiger partial charge in [-0.1, -0.05) is 29.8 Å². The van der Waals surface area contributed by atoms with Crippen molar-refractivity contribution in [1.29, 1.82) is 5.26 Å². The van der Waals surface area contributed by atoms with Crippen molar-refractivity contribution in [2.24, 2.45) is 0 Å². The van der Waals surface area contributed by atoms with Gasteiger partial charge in [0.25, 0.3) is 0 Å². The molecule has 1 aliphatic heterocycles. The zero-order chi connectivity index (χ0) is 10.0. The molecular weight excluding hydrogens is 174 g/mol. The smallest absolute Gasteiger partial charge is 0.179 e. The molecule has 0 radical (unpaired) electrons. The van der Waals surface area contributed by atoms with Gasteiger partial charge in [-0.3, -0.25) is 0 Å². The Balaban J connectivity index is 2.42. The fourth-order valence-electron chi connectivity index (χ4n) is 1.92. The van der Waals surface area contributed by atoms with Crippen LogP contribution in [-0.2, 0) is 10.3 Å². The van der Waals surface area contributed by atoms with E-state index in [-0.39, 0.29) is 0 Å². The van der Waals surface area contributed by atoms with Crippen molar-refractivity contribution in [3.63, 3.8) is 0 Å². The zero-order valence-electron chi connectivity index (χ0n) is 8.29. The van der Waals surface area contributed by atoms with Crippen molar-refractivity contribution in [2.75, 3.05) is 6.61 Å². The summed E-state index contributed by atoms with van der Waals surface area (Å²) in [5.74, 6) is 0. The van der Waals surface area contributed by atoms with Gasteiger partial charge in [-0.05, 0) is 25.3 Å². The van der Waals surface area contributed by atoms with Gasteiger partial charge in [-0.2, -0.15) is 5.26 Å². The largest absolute Gasteiger partial charge is 0.356 e. The second-order valence-corrected chi connectivity index (χ2v) is 3.76. The SMILES string of the molecule is Cc1cccc([C@@]2(C#N)CCCO2)c1. The van der Waals surface area contributed by atoms with Crippen molar-refractivity contribution < 1.29 is 4.74 Å². The molecular formula is C12H13NO. The first-order valence-corrected chi connectivity index (χ1v) is 4.89. The molecule has 0 amide bonds. The Morgan fingerprint density at radius 3 is 2.93 bits per heavy atom. The minimum absolute atomic E-state index is 0.675. The summed E-state index contributed by atoms with van der Waals surface area (Å²) in [6.45, 7) is 2.73. The van der Waals surface area contributed by atoms with Crippen molar-refractivity contribution in [3.05, 3.63) is 35.4 Å². The molecule has 2 nitrogen and oxygen atoms in total. The predicted molar refractivity (Wildman–Crippen MR) is 53.7 cm³/mol. The summed E-state index contributed by atoms with van der Waals surface area (Å²) >= 11 is 0. The summed E-state index contributed by atoms with van der Waals surface area (Å²) in [5.41, 5.74) is 1.50. The van der Waals surface area contributed by atoms with Gasteiger partial charge in [0.1, 0.15) is 6.07 Å². The van der Waals surface area contributed by atoms with Crippen LogP contribution in [0.15, 0.2) is 24.3 Å². The Kier molecular flexibility index (Phi) is 2.26. The summed E-state index contributed by atoms with van der Waals surface area (Å²) < 4.78 is 5.57. The molecule has 0 aliphatic carbocycles. The number of hydrogen-bond donors (Lipinski definition) is 0. The third-order valence-corrected chi connectivity index (χ3v) is 2.69. The number of nitrogens with zero attached hydrogens (tertiary/aromatic N) is 1. The fraction of sp³-hybridized carbons (Fsp3) is 0.417. The Labute approximate surface area is 84.1 Å². The number of aryl methyl sites for hydroxylation is 1. The second-order valence-electron chi connectivity index (χ2n) is 3.76. The molecule has 1 atom stereocenters. The van der Waals surface area contributed by atoms with E-state index in [0.717, 1.165) is 18.4 Å². The normalized spacial score (nSPS) is 26.0. The average Bonchev–Trinajstić information content (AvgIpc) is 2.67. The van der Waals surface area contributed by atoms with Crippen LogP contribution >= 0.6 is 0 Å². The van der Waals surface area contributed by atoms with E-state index in [9.17, 15) is 5.26 Å². The van der Waals surface area contributed by atoms with Crippen LogP contribution in [0.2, 0.25) is 0 Å². The number of benzene rings is 1. The van der Waals surface area contributed by atoms with Gasteiger partial charge in [0.15, 0.2) is 5.60 Å². The lowest BCUT2D eigenvalue weighted by atomic mass is 9.91. The molecule has 1 heterocycles. The van der Waals surface area contributed by atoms with Crippen LogP contribution in [-0.4, -0.2) is 6.61 Å². The van der Waals surface area contributed by atoms with E-state index < -0.39 is 5.60 Å². The van der Waals surface area contributed by atoms with Crippen molar-refractivity contribution in [2.45, 2.75) is 25.4 Å². The number of ether oxygens (including phenoxy) is 1. The van der Waals surface area contributed by atoms with Gasteiger partial charge >= 0.3 is 0 Å². The van der Waals surface area contributed by atoms with E-state index in [4.69, 9.17) is 4.74 Å². The molecule has 0 bridgehead atoms. The maximum absolute atomic E-state index is 9.19. The Morgan fingerprint density at radius 1 is 1.50 bits per heavy atom. The van der Waals surface area contributed by atoms with E-state index in [2.05, 4.69) is 6.07 Å². The van der Waals surface area contributed by atoms with Gasteiger partial charge in [-0.25, -0.2) is 0 Å². The monoisotopic (exact) mass is 187 g/mol. The lowest BCUT2D eigenvalue weighted by Gasteiger charge is -2.20. The summed E-state index contributed by atoms with van der Waals surface area (Å²) in [5, 5.41) is 9.19. The highest BCUT2D eigenvalue weighted by Crippen LogP contribution is 2.35. The van der Waals surface area contributed by atoms with Crippen LogP contribution in [0.1, 0.15) is 24.0 Å². The van der Waals surface area contributed by atoms with Crippen LogP contribution in [0.5, 0.6) is 0 Å². The first-order chi connectivity index (χ1) is 6.77. The summed E-state index contributed by atoms with van der Waals surface area (Å²) in [6.07, 6.45) is 1.79. The minimum atomic E-state index is -0.675. The number of nitriles is 1. The Bertz CT molecular complexity index is 372. The molecule has 0 aromatic heterocycles. The highest BCUT2D eigenvalue weighted by molar-refractivity contribution is 5.33. The molecule has 2 rings (SSSR count). The average molecular weight is 187 g/mol. The van der Waals surface area contributed by atoms with Gasteiger partial charge in [0.2, 0.25) is 0 Å². The summed E-state index contributed by atoms with van der Waals surface area (Å²) in [4.78, 5) is 0. The van der Waals surface area contributed by atoms with Gasteiger partial charge in [0, 0.05) is 6.61 Å². The Morgan fingerprint density at radius 2 is 2.36 bits per heavy atom. The molecule has 72 valence electrons. The molecule has 0 N–H and O–H groups in total. The minimum Gasteiger partial charge on any atom is -0.356 e. The van der Waals surface area contributed by atoms with E-state index in [1.54, 1.807) is 0 Å². The first-order valence-electron chi connectivity index (χ1n) is 4.89. The van der Waals surface area contributed by atoms with Crippen LogP contribution in [0.3, 0.4) is 0 Å². The lowest BCUT2D eigenvalue weighted by molar-refractivity contribution is 0.0494. The maximum atomic E-state index is 9.19. The van der Waals surface area contributed by atoms with Gasteiger partial charge in [0.05, 0.1) is 0 Å². The molecule has 1 saturated heterocycles. The fourth-order valence-corrected chi connectivity index (χ4v) is 1.92. The number of rotatable bonds is 1. The molecule has 1 aromatic rings. The van der Waals surface area contributed by atoms with Crippen molar-refractivity contribution in [3.8, 4) is 6.07 Å². The first kappa shape index (κ1) is 9.23. The van der Waals surface area contributed by atoms with Gasteiger partial charge in [-0.15, -0.1) is 0 Å². The third kappa shape index (κ3) is 1.40. The standard InChI is InChI=1S/C12H13NO/c1-10-4-2-5-11(8-10)12(9-13)6-3-7-14-12/h2,4-5,8H,3,6-7H2,1H3/t12-/m0/s1. The van der Waals surface area contributed by atoms with Crippen LogP contribution in [0.4, 0.5) is 0 Å². The predicted octanol–water partition coefficient (Wildman–Crippen LogP) is 2.52. The molecule has 1 aliphatic rings. The maximum Gasteiger partial charge on any atom is 0.179 e. The van der Waals surface area contributed by atoms with Gasteiger partial charge < -0.3 is 4.74 Å². The molecule has 2 heteroatoms. The second kappa shape index (κ2) is 3.43. The van der Waals surface area contributed by atoms with Crippen LogP contribution in [0, 0.1) is 18.3 Å². The van der Waals surface area contributed by atoms with Crippen molar-refractivity contribution in [1.82, 2.24) is 0 Å². The molecule has 14 heavy (non-hydrogen) atoms.